The van der Waals surface area contributed by atoms with Crippen LogP contribution >= 0.6 is 0 Å². The van der Waals surface area contributed by atoms with Crippen molar-refractivity contribution >= 4 is 33.3 Å². The number of amides is 1. The number of carbonyl (C=O) groups is 1. The van der Waals surface area contributed by atoms with Crippen molar-refractivity contribution in [2.24, 2.45) is 4.99 Å². The summed E-state index contributed by atoms with van der Waals surface area (Å²) in [5.74, 6) is 1.65. The van der Waals surface area contributed by atoms with Crippen molar-refractivity contribution in [3.63, 3.8) is 0 Å². The smallest absolute Gasteiger partial charge is 0.270 e. The molecule has 6 rings (SSSR count). The van der Waals surface area contributed by atoms with E-state index in [1.807, 2.05) is 54.3 Å². The second kappa shape index (κ2) is 15.6. The van der Waals surface area contributed by atoms with E-state index in [2.05, 4.69) is 12.1 Å². The molecule has 1 amide bonds. The average Bonchev–Trinajstić information content (AvgIpc) is 3.82. The van der Waals surface area contributed by atoms with Crippen LogP contribution in [0.5, 0.6) is 0 Å². The standard InChI is InChI=1S/C40H49N5O6S/c1-6-8-17-35-42-40(22-9-10-23-40)39(46)44(35)24-29-18-20-30(21-19-29)36-31(25-50-7-2)13-11-14-32(36)33-15-12-16-34(41)37(33)52(47,48)45(26-49-5)38-27(3)28(4)51-43-38/h11-16,18-21H,6-10,17,22-26,41H2,1-5H3. The number of aliphatic imine (C=N–C) groups is 1. The van der Waals surface area contributed by atoms with Gasteiger partial charge in [0, 0.05) is 31.3 Å². The van der Waals surface area contributed by atoms with Gasteiger partial charge in [-0.25, -0.2) is 12.7 Å². The lowest BCUT2D eigenvalue weighted by Crippen LogP contribution is -2.40. The number of rotatable bonds is 15. The van der Waals surface area contributed by atoms with E-state index in [0.29, 0.717) is 42.2 Å². The Morgan fingerprint density at radius 2 is 1.71 bits per heavy atom. The van der Waals surface area contributed by atoms with Crippen LogP contribution in [0.1, 0.15) is 81.2 Å². The summed E-state index contributed by atoms with van der Waals surface area (Å²) >= 11 is 0. The summed E-state index contributed by atoms with van der Waals surface area (Å²) in [5.41, 5.74) is 11.3. The third-order valence-corrected chi connectivity index (χ3v) is 12.0. The van der Waals surface area contributed by atoms with Crippen LogP contribution in [-0.2, 0) is 37.4 Å². The quantitative estimate of drug-likeness (QED) is 0.0967. The molecule has 0 unspecified atom stereocenters. The highest BCUT2D eigenvalue weighted by Crippen LogP contribution is 2.43. The van der Waals surface area contributed by atoms with Gasteiger partial charge in [-0.05, 0) is 73.9 Å². The van der Waals surface area contributed by atoms with Crippen molar-refractivity contribution in [1.82, 2.24) is 10.1 Å². The van der Waals surface area contributed by atoms with Crippen LogP contribution in [0.25, 0.3) is 22.3 Å². The Labute approximate surface area is 306 Å². The van der Waals surface area contributed by atoms with Gasteiger partial charge >= 0.3 is 0 Å². The monoisotopic (exact) mass is 727 g/mol. The molecule has 2 N–H and O–H groups in total. The SMILES string of the molecule is CCCCC1=NC2(CCCC2)C(=O)N1Cc1ccc(-c2c(COCC)cccc2-c2cccc(N)c2S(=O)(=O)N(COC)c2noc(C)c2C)cc1. The number of aromatic nitrogens is 1. The Kier molecular flexibility index (Phi) is 11.2. The molecule has 52 heavy (non-hydrogen) atoms. The normalized spacial score (nSPS) is 15.5. The maximum Gasteiger partial charge on any atom is 0.270 e. The third-order valence-electron chi connectivity index (χ3n) is 10.2. The Balaban J connectivity index is 1.42. The molecular weight excluding hydrogens is 679 g/mol. The second-order valence-electron chi connectivity index (χ2n) is 13.6. The summed E-state index contributed by atoms with van der Waals surface area (Å²) < 4.78 is 47.0. The molecule has 1 aliphatic carbocycles. The number of nitrogen functional groups attached to an aromatic ring is 1. The first-order chi connectivity index (χ1) is 25.1. The minimum atomic E-state index is -4.33. The van der Waals surface area contributed by atoms with Crippen LogP contribution in [0.4, 0.5) is 11.5 Å². The number of aryl methyl sites for hydroxylation is 1. The molecule has 1 spiro atoms. The third kappa shape index (κ3) is 6.99. The van der Waals surface area contributed by atoms with Crippen LogP contribution in [-0.4, -0.2) is 56.2 Å². The molecule has 1 saturated carbocycles. The molecule has 0 saturated heterocycles. The maximum absolute atomic E-state index is 14.6. The molecule has 1 aliphatic heterocycles. The van der Waals surface area contributed by atoms with Crippen molar-refractivity contribution in [2.45, 2.75) is 96.2 Å². The highest BCUT2D eigenvalue weighted by Gasteiger charge is 2.49. The fraction of sp³-hybridized carbons (Fsp3) is 0.425. The number of nitrogens with two attached hydrogens (primary N) is 1. The molecule has 12 heteroatoms. The van der Waals surface area contributed by atoms with Gasteiger partial charge in [-0.2, -0.15) is 0 Å². The number of nitrogens with zero attached hydrogens (tertiary/aromatic N) is 4. The largest absolute Gasteiger partial charge is 0.398 e. The average molecular weight is 728 g/mol. The highest BCUT2D eigenvalue weighted by atomic mass is 32.2. The highest BCUT2D eigenvalue weighted by molar-refractivity contribution is 7.93. The van der Waals surface area contributed by atoms with E-state index in [0.717, 1.165) is 77.3 Å². The van der Waals surface area contributed by atoms with E-state index in [-0.39, 0.29) is 29.0 Å². The van der Waals surface area contributed by atoms with Crippen LogP contribution < -0.4 is 10.0 Å². The number of methoxy groups -OCH3 is 1. The van der Waals surface area contributed by atoms with E-state index in [1.54, 1.807) is 32.0 Å². The molecule has 2 aliphatic rings. The zero-order valence-corrected chi connectivity index (χ0v) is 31.6. The van der Waals surface area contributed by atoms with E-state index in [1.165, 1.54) is 7.11 Å². The van der Waals surface area contributed by atoms with Gasteiger partial charge in [-0.1, -0.05) is 85.9 Å². The summed E-state index contributed by atoms with van der Waals surface area (Å²) in [6, 6.07) is 19.0. The van der Waals surface area contributed by atoms with Gasteiger partial charge in [0.25, 0.3) is 15.9 Å². The molecule has 0 radical (unpaired) electrons. The number of anilines is 2. The Morgan fingerprint density at radius 3 is 2.37 bits per heavy atom. The van der Waals surface area contributed by atoms with Gasteiger partial charge in [0.15, 0.2) is 5.82 Å². The fourth-order valence-corrected chi connectivity index (χ4v) is 9.00. The van der Waals surface area contributed by atoms with Crippen molar-refractivity contribution in [3.8, 4) is 22.3 Å². The molecule has 0 atom stereocenters. The fourth-order valence-electron chi connectivity index (χ4n) is 7.32. The van der Waals surface area contributed by atoms with E-state index < -0.39 is 15.6 Å². The number of ether oxygens (including phenoxy) is 2. The first-order valence-corrected chi connectivity index (χ1v) is 19.5. The van der Waals surface area contributed by atoms with Crippen LogP contribution in [0.15, 0.2) is 75.1 Å². The summed E-state index contributed by atoms with van der Waals surface area (Å²) in [7, 11) is -2.91. The topological polar surface area (TPSA) is 141 Å². The Bertz CT molecular complexity index is 2050. The van der Waals surface area contributed by atoms with Crippen molar-refractivity contribution in [2.75, 3.05) is 30.5 Å². The lowest BCUT2D eigenvalue weighted by Gasteiger charge is -2.25. The van der Waals surface area contributed by atoms with Crippen molar-refractivity contribution in [1.29, 1.82) is 0 Å². The van der Waals surface area contributed by atoms with Gasteiger partial charge in [-0.15, -0.1) is 0 Å². The summed E-state index contributed by atoms with van der Waals surface area (Å²) in [4.78, 5) is 20.7. The van der Waals surface area contributed by atoms with E-state index in [4.69, 9.17) is 24.7 Å². The molecule has 3 aromatic carbocycles. The summed E-state index contributed by atoms with van der Waals surface area (Å²) in [6.07, 6.45) is 6.51. The van der Waals surface area contributed by atoms with Gasteiger partial charge in [0.1, 0.15) is 28.8 Å². The Morgan fingerprint density at radius 1 is 1.00 bits per heavy atom. The van der Waals surface area contributed by atoms with E-state index in [9.17, 15) is 13.2 Å². The first-order valence-electron chi connectivity index (χ1n) is 18.1. The van der Waals surface area contributed by atoms with Crippen LogP contribution in [0.3, 0.4) is 0 Å². The van der Waals surface area contributed by atoms with Gasteiger partial charge in [0.2, 0.25) is 0 Å². The van der Waals surface area contributed by atoms with Gasteiger partial charge in [0.05, 0.1) is 18.8 Å². The molecule has 276 valence electrons. The summed E-state index contributed by atoms with van der Waals surface area (Å²) in [6.45, 7) is 8.54. The van der Waals surface area contributed by atoms with Crippen LogP contribution in [0.2, 0.25) is 0 Å². The Hall–Kier alpha value is -4.52. The maximum atomic E-state index is 14.6. The lowest BCUT2D eigenvalue weighted by atomic mass is 9.90. The van der Waals surface area contributed by atoms with Gasteiger partial charge in [-0.3, -0.25) is 14.7 Å². The predicted molar refractivity (Wildman–Crippen MR) is 203 cm³/mol. The molecule has 2 heterocycles. The molecular formula is C40H49N5O6S. The second-order valence-corrected chi connectivity index (χ2v) is 15.4. The number of hydrogen-bond donors (Lipinski definition) is 1. The molecule has 1 aromatic heterocycles. The number of amidine groups is 1. The number of unbranched alkanes of at least 4 members (excludes halogenated alkanes) is 1. The van der Waals surface area contributed by atoms with Gasteiger partial charge < -0.3 is 19.7 Å². The minimum absolute atomic E-state index is 0.0641. The number of hydrogen-bond acceptors (Lipinski definition) is 9. The number of benzene rings is 3. The molecule has 11 nitrogen and oxygen atoms in total. The zero-order valence-electron chi connectivity index (χ0n) is 30.8. The number of carbonyl (C=O) groups excluding carboxylic acids is 1. The van der Waals surface area contributed by atoms with Crippen molar-refractivity contribution in [3.05, 3.63) is 83.1 Å². The minimum Gasteiger partial charge on any atom is -0.398 e. The molecule has 0 bridgehead atoms. The number of sulfonamides is 1. The van der Waals surface area contributed by atoms with Crippen molar-refractivity contribution < 1.29 is 27.2 Å². The first kappa shape index (κ1) is 37.2. The lowest BCUT2D eigenvalue weighted by molar-refractivity contribution is -0.131. The predicted octanol–water partition coefficient (Wildman–Crippen LogP) is 7.79. The molecule has 4 aromatic rings. The van der Waals surface area contributed by atoms with Crippen LogP contribution in [0, 0.1) is 13.8 Å². The van der Waals surface area contributed by atoms with E-state index >= 15 is 0 Å². The summed E-state index contributed by atoms with van der Waals surface area (Å²) in [5, 5.41) is 4.06. The zero-order chi connectivity index (χ0) is 37.0. The molecule has 1 fully saturated rings.